The molecule has 4 rings (SSSR count). The molecule has 1 saturated heterocycles. The maximum absolute atomic E-state index is 12.6. The normalized spacial score (nSPS) is 15.8. The van der Waals surface area contributed by atoms with Crippen LogP contribution in [0.3, 0.4) is 0 Å². The summed E-state index contributed by atoms with van der Waals surface area (Å²) in [6.45, 7) is 4.02. The van der Waals surface area contributed by atoms with Crippen molar-refractivity contribution in [3.63, 3.8) is 0 Å². The molecule has 28 heavy (non-hydrogen) atoms. The second-order valence-electron chi connectivity index (χ2n) is 6.87. The Labute approximate surface area is 164 Å². The van der Waals surface area contributed by atoms with Crippen molar-refractivity contribution in [1.82, 2.24) is 4.90 Å². The van der Waals surface area contributed by atoms with E-state index in [2.05, 4.69) is 17.0 Å². The first-order valence-electron chi connectivity index (χ1n) is 9.44. The van der Waals surface area contributed by atoms with E-state index in [-0.39, 0.29) is 12.7 Å². The quantitative estimate of drug-likeness (QED) is 0.747. The standard InChI is InChI=1S/C22H24N2O4/c1-23(15-18-4-2-3-5-19(18)24-10-12-26-13-11-24)22(25)9-7-17-6-8-20-21(14-17)28-16-27-20/h2-9,14H,10-13,15-16H2,1H3. The number of morpholine rings is 1. The average Bonchev–Trinajstić information content (AvgIpc) is 3.21. The van der Waals surface area contributed by atoms with Crippen LogP contribution in [-0.2, 0) is 16.1 Å². The first-order valence-corrected chi connectivity index (χ1v) is 9.44. The molecule has 0 saturated carbocycles. The van der Waals surface area contributed by atoms with Crippen LogP contribution in [-0.4, -0.2) is 51.0 Å². The van der Waals surface area contributed by atoms with E-state index < -0.39 is 0 Å². The number of carbonyl (C=O) groups excluding carboxylic acids is 1. The van der Waals surface area contributed by atoms with E-state index in [0.29, 0.717) is 12.3 Å². The molecule has 0 spiro atoms. The number of para-hydroxylation sites is 1. The van der Waals surface area contributed by atoms with E-state index in [1.807, 2.05) is 37.4 Å². The Morgan fingerprint density at radius 3 is 2.75 bits per heavy atom. The predicted octanol–water partition coefficient (Wildman–Crippen LogP) is 2.92. The molecule has 6 heteroatoms. The Morgan fingerprint density at radius 2 is 1.89 bits per heavy atom. The van der Waals surface area contributed by atoms with Crippen LogP contribution in [0.25, 0.3) is 6.08 Å². The number of ether oxygens (including phenoxy) is 3. The molecule has 0 atom stereocenters. The minimum atomic E-state index is -0.0468. The highest BCUT2D eigenvalue weighted by molar-refractivity contribution is 5.91. The Hall–Kier alpha value is -2.99. The van der Waals surface area contributed by atoms with Crippen molar-refractivity contribution in [1.29, 1.82) is 0 Å². The number of carbonyl (C=O) groups is 1. The van der Waals surface area contributed by atoms with Crippen LogP contribution in [0.2, 0.25) is 0 Å². The molecule has 2 aliphatic rings. The number of rotatable bonds is 5. The lowest BCUT2D eigenvalue weighted by Gasteiger charge is -2.31. The zero-order valence-corrected chi connectivity index (χ0v) is 16.0. The second-order valence-corrected chi connectivity index (χ2v) is 6.87. The maximum Gasteiger partial charge on any atom is 0.246 e. The first-order chi connectivity index (χ1) is 13.7. The van der Waals surface area contributed by atoms with Gasteiger partial charge < -0.3 is 24.0 Å². The maximum atomic E-state index is 12.6. The smallest absolute Gasteiger partial charge is 0.246 e. The van der Waals surface area contributed by atoms with Crippen molar-refractivity contribution in [3.05, 3.63) is 59.7 Å². The minimum Gasteiger partial charge on any atom is -0.454 e. The van der Waals surface area contributed by atoms with E-state index in [4.69, 9.17) is 14.2 Å². The molecule has 1 amide bonds. The molecule has 146 valence electrons. The molecule has 1 fully saturated rings. The average molecular weight is 380 g/mol. The number of benzene rings is 2. The number of hydrogen-bond acceptors (Lipinski definition) is 5. The molecule has 2 heterocycles. The van der Waals surface area contributed by atoms with Crippen molar-refractivity contribution in [2.45, 2.75) is 6.54 Å². The molecule has 2 aromatic carbocycles. The summed E-state index contributed by atoms with van der Waals surface area (Å²) in [7, 11) is 1.82. The van der Waals surface area contributed by atoms with Crippen LogP contribution in [0.15, 0.2) is 48.5 Å². The van der Waals surface area contributed by atoms with Gasteiger partial charge in [-0.15, -0.1) is 0 Å². The molecule has 0 unspecified atom stereocenters. The number of likely N-dealkylation sites (N-methyl/N-ethyl adjacent to an activating group) is 1. The van der Waals surface area contributed by atoms with Gasteiger partial charge in [-0.1, -0.05) is 24.3 Å². The lowest BCUT2D eigenvalue weighted by molar-refractivity contribution is -0.125. The van der Waals surface area contributed by atoms with Gasteiger partial charge in [0.05, 0.1) is 13.2 Å². The van der Waals surface area contributed by atoms with Crippen molar-refractivity contribution >= 4 is 17.7 Å². The predicted molar refractivity (Wildman–Crippen MR) is 108 cm³/mol. The minimum absolute atomic E-state index is 0.0468. The van der Waals surface area contributed by atoms with E-state index in [1.54, 1.807) is 17.1 Å². The van der Waals surface area contributed by atoms with E-state index in [9.17, 15) is 4.79 Å². The number of fused-ring (bicyclic) bond motifs is 1. The fraction of sp³-hybridized carbons (Fsp3) is 0.318. The molecule has 0 aliphatic carbocycles. The highest BCUT2D eigenvalue weighted by Gasteiger charge is 2.16. The second kappa shape index (κ2) is 8.35. The monoisotopic (exact) mass is 380 g/mol. The summed E-state index contributed by atoms with van der Waals surface area (Å²) in [5, 5.41) is 0. The van der Waals surface area contributed by atoms with Crippen LogP contribution in [0.5, 0.6) is 11.5 Å². The van der Waals surface area contributed by atoms with Crippen molar-refractivity contribution in [2.75, 3.05) is 45.0 Å². The van der Waals surface area contributed by atoms with Gasteiger partial charge in [0, 0.05) is 38.4 Å². The Bertz CT molecular complexity index is 875. The van der Waals surface area contributed by atoms with Gasteiger partial charge in [0.15, 0.2) is 11.5 Å². The summed E-state index contributed by atoms with van der Waals surface area (Å²) >= 11 is 0. The summed E-state index contributed by atoms with van der Waals surface area (Å²) in [5.41, 5.74) is 3.21. The number of anilines is 1. The highest BCUT2D eigenvalue weighted by atomic mass is 16.7. The van der Waals surface area contributed by atoms with Crippen LogP contribution in [0.1, 0.15) is 11.1 Å². The number of amides is 1. The SMILES string of the molecule is CN(Cc1ccccc1N1CCOCC1)C(=O)C=Cc1ccc2c(c1)OCO2. The molecule has 2 aliphatic heterocycles. The van der Waals surface area contributed by atoms with Gasteiger partial charge in [0.25, 0.3) is 0 Å². The van der Waals surface area contributed by atoms with Gasteiger partial charge in [-0.3, -0.25) is 4.79 Å². The third-order valence-electron chi connectivity index (χ3n) is 4.94. The van der Waals surface area contributed by atoms with E-state index >= 15 is 0 Å². The van der Waals surface area contributed by atoms with Crippen LogP contribution in [0.4, 0.5) is 5.69 Å². The summed E-state index contributed by atoms with van der Waals surface area (Å²) in [5.74, 6) is 1.40. The van der Waals surface area contributed by atoms with Crippen molar-refractivity contribution in [2.24, 2.45) is 0 Å². The fourth-order valence-electron chi connectivity index (χ4n) is 3.40. The van der Waals surface area contributed by atoms with Crippen LogP contribution in [0, 0.1) is 0 Å². The number of hydrogen-bond donors (Lipinski definition) is 0. The topological polar surface area (TPSA) is 51.2 Å². The molecule has 0 aromatic heterocycles. The molecule has 6 nitrogen and oxygen atoms in total. The molecule has 0 N–H and O–H groups in total. The molecular formula is C22H24N2O4. The zero-order chi connectivity index (χ0) is 19.3. The Balaban J connectivity index is 1.42. The van der Waals surface area contributed by atoms with Crippen LogP contribution >= 0.6 is 0 Å². The first kappa shape index (κ1) is 18.4. The lowest BCUT2D eigenvalue weighted by atomic mass is 10.1. The summed E-state index contributed by atoms with van der Waals surface area (Å²) in [6, 6.07) is 13.9. The Kier molecular flexibility index (Phi) is 5.48. The summed E-state index contributed by atoms with van der Waals surface area (Å²) in [4.78, 5) is 16.6. The molecule has 0 radical (unpaired) electrons. The van der Waals surface area contributed by atoms with Crippen molar-refractivity contribution < 1.29 is 19.0 Å². The van der Waals surface area contributed by atoms with Gasteiger partial charge in [-0.25, -0.2) is 0 Å². The lowest BCUT2D eigenvalue weighted by Crippen LogP contribution is -2.37. The third kappa shape index (κ3) is 4.12. The number of nitrogens with zero attached hydrogens (tertiary/aromatic N) is 2. The fourth-order valence-corrected chi connectivity index (χ4v) is 3.40. The largest absolute Gasteiger partial charge is 0.454 e. The van der Waals surface area contributed by atoms with Gasteiger partial charge in [0.1, 0.15) is 0 Å². The van der Waals surface area contributed by atoms with Crippen molar-refractivity contribution in [3.8, 4) is 11.5 Å². The molecular weight excluding hydrogens is 356 g/mol. The summed E-state index contributed by atoms with van der Waals surface area (Å²) < 4.78 is 16.1. The molecule has 2 aromatic rings. The Morgan fingerprint density at radius 1 is 1.11 bits per heavy atom. The zero-order valence-electron chi connectivity index (χ0n) is 16.0. The van der Waals surface area contributed by atoms with E-state index in [0.717, 1.165) is 43.2 Å². The van der Waals surface area contributed by atoms with Gasteiger partial charge >= 0.3 is 0 Å². The van der Waals surface area contributed by atoms with Crippen LogP contribution < -0.4 is 14.4 Å². The molecule has 0 bridgehead atoms. The van der Waals surface area contributed by atoms with Gasteiger partial charge in [-0.05, 0) is 35.4 Å². The van der Waals surface area contributed by atoms with Gasteiger partial charge in [0.2, 0.25) is 12.7 Å². The third-order valence-corrected chi connectivity index (χ3v) is 4.94. The van der Waals surface area contributed by atoms with E-state index in [1.165, 1.54) is 5.69 Å². The van der Waals surface area contributed by atoms with Gasteiger partial charge in [-0.2, -0.15) is 0 Å². The summed E-state index contributed by atoms with van der Waals surface area (Å²) in [6.07, 6.45) is 3.39. The highest BCUT2D eigenvalue weighted by Crippen LogP contribution is 2.32.